The summed E-state index contributed by atoms with van der Waals surface area (Å²) in [6.45, 7) is 14.4. The molecule has 0 unspecified atom stereocenters. The molecule has 126 valence electrons. The van der Waals surface area contributed by atoms with E-state index in [-0.39, 0.29) is 18.2 Å². The molecule has 1 amide bonds. The van der Waals surface area contributed by atoms with Crippen LogP contribution in [0.15, 0.2) is 0 Å². The van der Waals surface area contributed by atoms with E-state index >= 15 is 0 Å². The molecule has 0 aliphatic heterocycles. The van der Waals surface area contributed by atoms with Crippen LogP contribution in [0, 0.1) is 0 Å². The first-order valence-electron chi connectivity index (χ1n) is 7.48. The number of carbonyl (C=O) groups is 1. The minimum Gasteiger partial charge on any atom is -0.444 e. The summed E-state index contributed by atoms with van der Waals surface area (Å²) in [7, 11) is 0. The Balaban J connectivity index is 4.18. The fourth-order valence-electron chi connectivity index (χ4n) is 1.64. The van der Waals surface area contributed by atoms with Crippen molar-refractivity contribution in [3.63, 3.8) is 0 Å². The van der Waals surface area contributed by atoms with Gasteiger partial charge in [-0.3, -0.25) is 0 Å². The molecule has 0 radical (unpaired) electrons. The van der Waals surface area contributed by atoms with Crippen LogP contribution in [0.25, 0.3) is 0 Å². The molecule has 6 nitrogen and oxygen atoms in total. The molecule has 21 heavy (non-hydrogen) atoms. The molecule has 2 N–H and O–H groups in total. The van der Waals surface area contributed by atoms with E-state index in [1.807, 2.05) is 41.5 Å². The second-order valence-corrected chi connectivity index (χ2v) is 6.89. The van der Waals surface area contributed by atoms with E-state index in [2.05, 4.69) is 5.32 Å². The highest BCUT2D eigenvalue weighted by Crippen LogP contribution is 2.17. The number of aliphatic hydroxyl groups excluding tert-OH is 1. The molecule has 0 aliphatic rings. The Morgan fingerprint density at radius 1 is 1.10 bits per heavy atom. The molecule has 0 fully saturated rings. The summed E-state index contributed by atoms with van der Waals surface area (Å²) in [5.41, 5.74) is -0.788. The van der Waals surface area contributed by atoms with Gasteiger partial charge in [-0.25, -0.2) is 4.79 Å². The Kier molecular flexibility index (Phi) is 8.85. The van der Waals surface area contributed by atoms with Gasteiger partial charge in [0, 0.05) is 25.2 Å². The number of ether oxygens (including phenoxy) is 2. The Morgan fingerprint density at radius 3 is 2.19 bits per heavy atom. The highest BCUT2D eigenvalue weighted by Gasteiger charge is 2.30. The largest absolute Gasteiger partial charge is 0.444 e. The summed E-state index contributed by atoms with van der Waals surface area (Å²) in [6, 6.07) is 0. The van der Waals surface area contributed by atoms with E-state index < -0.39 is 5.60 Å². The van der Waals surface area contributed by atoms with Crippen molar-refractivity contribution in [1.29, 1.82) is 0 Å². The first-order chi connectivity index (χ1) is 9.58. The van der Waals surface area contributed by atoms with Crippen LogP contribution in [0.2, 0.25) is 0 Å². The van der Waals surface area contributed by atoms with Crippen LogP contribution < -0.4 is 5.32 Å². The van der Waals surface area contributed by atoms with E-state index in [1.54, 1.807) is 4.90 Å². The Hall–Kier alpha value is -0.850. The third kappa shape index (κ3) is 10.5. The summed E-state index contributed by atoms with van der Waals surface area (Å²) >= 11 is 0. The van der Waals surface area contributed by atoms with Crippen LogP contribution in [0.4, 0.5) is 4.79 Å². The molecule has 0 heterocycles. The quantitative estimate of drug-likeness (QED) is 0.667. The maximum absolute atomic E-state index is 12.2. The molecule has 0 saturated heterocycles. The number of hydrogen-bond donors (Lipinski definition) is 2. The molecule has 0 spiro atoms. The zero-order chi connectivity index (χ0) is 16.5. The first kappa shape index (κ1) is 20.1. The van der Waals surface area contributed by atoms with Crippen LogP contribution in [-0.4, -0.2) is 66.7 Å². The maximum atomic E-state index is 12.2. The summed E-state index contributed by atoms with van der Waals surface area (Å²) in [5, 5.41) is 11.8. The molecular weight excluding hydrogens is 272 g/mol. The molecule has 6 heteroatoms. The van der Waals surface area contributed by atoms with Crippen LogP contribution in [0.5, 0.6) is 0 Å². The number of amides is 1. The second kappa shape index (κ2) is 9.23. The van der Waals surface area contributed by atoms with Crippen LogP contribution in [0.1, 0.15) is 41.5 Å². The fourth-order valence-corrected chi connectivity index (χ4v) is 1.64. The third-order valence-corrected chi connectivity index (χ3v) is 2.59. The van der Waals surface area contributed by atoms with Crippen molar-refractivity contribution in [2.24, 2.45) is 0 Å². The molecule has 0 bridgehead atoms. The summed E-state index contributed by atoms with van der Waals surface area (Å²) in [4.78, 5) is 14.0. The van der Waals surface area contributed by atoms with Crippen molar-refractivity contribution >= 4 is 6.09 Å². The lowest BCUT2D eigenvalue weighted by Crippen LogP contribution is -2.50. The van der Waals surface area contributed by atoms with Crippen LogP contribution in [0.3, 0.4) is 0 Å². The van der Waals surface area contributed by atoms with Gasteiger partial charge in [0.15, 0.2) is 0 Å². The van der Waals surface area contributed by atoms with Crippen molar-refractivity contribution in [3.8, 4) is 0 Å². The number of nitrogens with zero attached hydrogens (tertiary/aromatic N) is 1. The molecule has 0 aromatic rings. The van der Waals surface area contributed by atoms with Gasteiger partial charge < -0.3 is 24.8 Å². The minimum atomic E-state index is -0.494. The van der Waals surface area contributed by atoms with E-state index in [0.717, 1.165) is 0 Å². The second-order valence-electron chi connectivity index (χ2n) is 6.89. The number of nitrogens with one attached hydrogen (secondary N) is 1. The Morgan fingerprint density at radius 2 is 1.71 bits per heavy atom. The topological polar surface area (TPSA) is 71.0 Å². The number of hydrogen-bond acceptors (Lipinski definition) is 5. The molecular formula is C15H32N2O4. The van der Waals surface area contributed by atoms with Gasteiger partial charge in [0.1, 0.15) is 5.60 Å². The molecule has 0 atom stereocenters. The highest BCUT2D eigenvalue weighted by atomic mass is 16.6. The predicted octanol–water partition coefficient (Wildman–Crippen LogP) is 1.62. The average molecular weight is 304 g/mol. The van der Waals surface area contributed by atoms with Gasteiger partial charge in [0.05, 0.1) is 19.8 Å². The van der Waals surface area contributed by atoms with Gasteiger partial charge in [-0.15, -0.1) is 0 Å². The lowest BCUT2D eigenvalue weighted by atomic mass is 10.1. The lowest BCUT2D eigenvalue weighted by molar-refractivity contribution is 0.00650. The van der Waals surface area contributed by atoms with Gasteiger partial charge in [0.2, 0.25) is 0 Å². The SMILES string of the molecule is CC(C)(C)OC(=O)N(CCNCCOCCO)C(C)(C)C. The zero-order valence-electron chi connectivity index (χ0n) is 14.4. The summed E-state index contributed by atoms with van der Waals surface area (Å²) < 4.78 is 10.6. The van der Waals surface area contributed by atoms with E-state index in [0.29, 0.717) is 32.8 Å². The predicted molar refractivity (Wildman–Crippen MR) is 83.5 cm³/mol. The maximum Gasteiger partial charge on any atom is 0.410 e. The molecule has 0 aromatic heterocycles. The van der Waals surface area contributed by atoms with Gasteiger partial charge in [-0.1, -0.05) is 0 Å². The van der Waals surface area contributed by atoms with Crippen molar-refractivity contribution in [3.05, 3.63) is 0 Å². The van der Waals surface area contributed by atoms with Crippen LogP contribution >= 0.6 is 0 Å². The normalized spacial score (nSPS) is 12.3. The summed E-state index contributed by atoms with van der Waals surface area (Å²) in [5.74, 6) is 0. The van der Waals surface area contributed by atoms with Gasteiger partial charge >= 0.3 is 6.09 Å². The van der Waals surface area contributed by atoms with E-state index in [1.165, 1.54) is 0 Å². The van der Waals surface area contributed by atoms with Crippen LogP contribution in [-0.2, 0) is 9.47 Å². The number of carbonyl (C=O) groups excluding carboxylic acids is 1. The summed E-state index contributed by atoms with van der Waals surface area (Å²) in [6.07, 6.45) is -0.298. The first-order valence-corrected chi connectivity index (χ1v) is 7.48. The molecule has 0 saturated carbocycles. The third-order valence-electron chi connectivity index (χ3n) is 2.59. The molecule has 0 aliphatic carbocycles. The van der Waals surface area contributed by atoms with Gasteiger partial charge in [0.25, 0.3) is 0 Å². The minimum absolute atomic E-state index is 0.0381. The standard InChI is InChI=1S/C15H32N2O4/c1-14(2,3)17(13(19)21-15(4,5)6)9-7-16-8-11-20-12-10-18/h16,18H,7-12H2,1-6H3. The monoisotopic (exact) mass is 304 g/mol. The number of aliphatic hydroxyl groups is 1. The van der Waals surface area contributed by atoms with Crippen molar-refractivity contribution in [1.82, 2.24) is 10.2 Å². The smallest absolute Gasteiger partial charge is 0.410 e. The fraction of sp³-hybridized carbons (Fsp3) is 0.933. The van der Waals surface area contributed by atoms with Gasteiger partial charge in [-0.2, -0.15) is 0 Å². The van der Waals surface area contributed by atoms with Crippen molar-refractivity contribution in [2.75, 3.05) is 39.5 Å². The Labute approximate surface area is 128 Å². The highest BCUT2D eigenvalue weighted by molar-refractivity contribution is 5.69. The van der Waals surface area contributed by atoms with Crippen molar-refractivity contribution in [2.45, 2.75) is 52.7 Å². The molecule has 0 rings (SSSR count). The number of rotatable bonds is 8. The lowest BCUT2D eigenvalue weighted by Gasteiger charge is -2.36. The molecule has 0 aromatic carbocycles. The van der Waals surface area contributed by atoms with Gasteiger partial charge in [-0.05, 0) is 41.5 Å². The average Bonchev–Trinajstić information content (AvgIpc) is 2.28. The van der Waals surface area contributed by atoms with Crippen molar-refractivity contribution < 1.29 is 19.4 Å². The Bertz CT molecular complexity index is 295. The zero-order valence-corrected chi connectivity index (χ0v) is 14.4. The van der Waals surface area contributed by atoms with E-state index in [9.17, 15) is 4.79 Å². The van der Waals surface area contributed by atoms with E-state index in [4.69, 9.17) is 14.6 Å².